The fraction of sp³-hybridized carbons (Fsp3) is 0.500. The van der Waals surface area contributed by atoms with Gasteiger partial charge in [-0.05, 0) is 0 Å². The molecular formula is C6H11N5O. The van der Waals surface area contributed by atoms with Gasteiger partial charge in [-0.1, -0.05) is 0 Å². The summed E-state index contributed by atoms with van der Waals surface area (Å²) in [5.74, 6) is 0.509. The largest absolute Gasteiger partial charge is 0.348 e. The van der Waals surface area contributed by atoms with Crippen LogP contribution in [-0.2, 0) is 18.4 Å². The predicted molar refractivity (Wildman–Crippen MR) is 41.9 cm³/mol. The van der Waals surface area contributed by atoms with Crippen LogP contribution in [0, 0.1) is 0 Å². The molecule has 0 atom stereocenters. The second-order valence-electron chi connectivity index (χ2n) is 2.28. The van der Waals surface area contributed by atoms with E-state index in [0.29, 0.717) is 12.4 Å². The Bertz CT molecular complexity index is 269. The Kier molecular flexibility index (Phi) is 2.76. The van der Waals surface area contributed by atoms with E-state index in [4.69, 9.17) is 5.73 Å². The number of aromatic nitrogens is 3. The number of hydrogen-bond acceptors (Lipinski definition) is 4. The van der Waals surface area contributed by atoms with Gasteiger partial charge >= 0.3 is 0 Å². The molecule has 1 heterocycles. The van der Waals surface area contributed by atoms with E-state index in [2.05, 4.69) is 15.4 Å². The molecule has 0 unspecified atom stereocenters. The average Bonchev–Trinajstić information content (AvgIpc) is 2.47. The van der Waals surface area contributed by atoms with E-state index in [1.54, 1.807) is 11.7 Å². The zero-order valence-electron chi connectivity index (χ0n) is 6.82. The summed E-state index contributed by atoms with van der Waals surface area (Å²) >= 11 is 0. The van der Waals surface area contributed by atoms with Crippen LogP contribution in [0.5, 0.6) is 0 Å². The molecule has 0 aliphatic heterocycles. The average molecular weight is 169 g/mol. The minimum Gasteiger partial charge on any atom is -0.348 e. The molecule has 1 aromatic heterocycles. The van der Waals surface area contributed by atoms with Crippen molar-refractivity contribution < 1.29 is 4.79 Å². The fourth-order valence-corrected chi connectivity index (χ4v) is 0.730. The van der Waals surface area contributed by atoms with E-state index in [1.165, 1.54) is 6.33 Å². The Labute approximate surface area is 69.8 Å². The van der Waals surface area contributed by atoms with Crippen LogP contribution in [-0.4, -0.2) is 27.2 Å². The Morgan fingerprint density at radius 2 is 2.58 bits per heavy atom. The summed E-state index contributed by atoms with van der Waals surface area (Å²) in [6, 6.07) is 0. The summed E-state index contributed by atoms with van der Waals surface area (Å²) in [6.07, 6.45) is 1.43. The number of aryl methyl sites for hydroxylation is 1. The second kappa shape index (κ2) is 3.82. The quantitative estimate of drug-likeness (QED) is 0.570. The Hall–Kier alpha value is -1.43. The third kappa shape index (κ3) is 2.03. The molecule has 1 rings (SSSR count). The lowest BCUT2D eigenvalue weighted by Gasteiger charge is -2.01. The molecule has 66 valence electrons. The third-order valence-corrected chi connectivity index (χ3v) is 1.43. The van der Waals surface area contributed by atoms with Gasteiger partial charge in [-0.2, -0.15) is 5.10 Å². The molecule has 0 spiro atoms. The SMILES string of the molecule is Cn1ncnc1CNC(=O)CN. The maximum absolute atomic E-state index is 10.7. The molecule has 0 aliphatic rings. The smallest absolute Gasteiger partial charge is 0.234 e. The van der Waals surface area contributed by atoms with Gasteiger partial charge in [0.05, 0.1) is 13.1 Å². The Morgan fingerprint density at radius 3 is 3.08 bits per heavy atom. The lowest BCUT2D eigenvalue weighted by Crippen LogP contribution is -2.30. The molecule has 0 radical (unpaired) electrons. The number of hydrogen-bond donors (Lipinski definition) is 2. The van der Waals surface area contributed by atoms with Crippen LogP contribution in [0.15, 0.2) is 6.33 Å². The molecule has 0 saturated carbocycles. The zero-order valence-corrected chi connectivity index (χ0v) is 6.82. The van der Waals surface area contributed by atoms with Gasteiger partial charge in [-0.15, -0.1) is 0 Å². The van der Waals surface area contributed by atoms with E-state index < -0.39 is 0 Å². The summed E-state index contributed by atoms with van der Waals surface area (Å²) in [7, 11) is 1.76. The van der Waals surface area contributed by atoms with E-state index in [0.717, 1.165) is 0 Å². The second-order valence-corrected chi connectivity index (χ2v) is 2.28. The highest BCUT2D eigenvalue weighted by atomic mass is 16.1. The maximum atomic E-state index is 10.7. The van der Waals surface area contributed by atoms with Crippen molar-refractivity contribution in [3.05, 3.63) is 12.2 Å². The van der Waals surface area contributed by atoms with Crippen LogP contribution in [0.2, 0.25) is 0 Å². The van der Waals surface area contributed by atoms with Crippen molar-refractivity contribution in [2.75, 3.05) is 6.54 Å². The van der Waals surface area contributed by atoms with E-state index in [-0.39, 0.29) is 12.5 Å². The summed E-state index contributed by atoms with van der Waals surface area (Å²) in [4.78, 5) is 14.6. The first kappa shape index (κ1) is 8.66. The minimum absolute atomic E-state index is 0.00213. The molecule has 3 N–H and O–H groups in total. The summed E-state index contributed by atoms with van der Waals surface area (Å²) < 4.78 is 1.59. The summed E-state index contributed by atoms with van der Waals surface area (Å²) in [5, 5.41) is 6.43. The van der Waals surface area contributed by atoms with Crippen LogP contribution in [0.3, 0.4) is 0 Å². The van der Waals surface area contributed by atoms with Crippen LogP contribution in [0.4, 0.5) is 0 Å². The molecule has 1 amide bonds. The minimum atomic E-state index is -0.196. The first-order chi connectivity index (χ1) is 5.74. The number of carbonyl (C=O) groups excluding carboxylic acids is 1. The standard InChI is InChI=1S/C6H11N5O/c1-11-5(9-4-10-11)3-8-6(12)2-7/h4H,2-3,7H2,1H3,(H,8,12). The van der Waals surface area contributed by atoms with Crippen molar-refractivity contribution in [1.82, 2.24) is 20.1 Å². The fourth-order valence-electron chi connectivity index (χ4n) is 0.730. The van der Waals surface area contributed by atoms with Crippen LogP contribution >= 0.6 is 0 Å². The van der Waals surface area contributed by atoms with Gasteiger partial charge in [-0.25, -0.2) is 4.98 Å². The predicted octanol–water partition coefficient (Wildman–Crippen LogP) is -1.61. The van der Waals surface area contributed by atoms with Gasteiger partial charge in [0.15, 0.2) is 0 Å². The lowest BCUT2D eigenvalue weighted by molar-refractivity contribution is -0.119. The normalized spacial score (nSPS) is 9.83. The van der Waals surface area contributed by atoms with E-state index in [9.17, 15) is 4.79 Å². The van der Waals surface area contributed by atoms with Crippen molar-refractivity contribution in [3.63, 3.8) is 0 Å². The van der Waals surface area contributed by atoms with Crippen LogP contribution < -0.4 is 11.1 Å². The number of nitrogens with two attached hydrogens (primary N) is 1. The molecule has 1 aromatic rings. The molecule has 12 heavy (non-hydrogen) atoms. The molecule has 6 nitrogen and oxygen atoms in total. The highest BCUT2D eigenvalue weighted by Crippen LogP contribution is 1.88. The highest BCUT2D eigenvalue weighted by molar-refractivity contribution is 5.77. The molecule has 0 aliphatic carbocycles. The highest BCUT2D eigenvalue weighted by Gasteiger charge is 2.01. The van der Waals surface area contributed by atoms with Gasteiger partial charge in [0.25, 0.3) is 0 Å². The van der Waals surface area contributed by atoms with E-state index >= 15 is 0 Å². The van der Waals surface area contributed by atoms with Gasteiger partial charge in [0, 0.05) is 7.05 Å². The van der Waals surface area contributed by atoms with Crippen LogP contribution in [0.25, 0.3) is 0 Å². The van der Waals surface area contributed by atoms with Crippen molar-refractivity contribution in [2.24, 2.45) is 12.8 Å². The Morgan fingerprint density at radius 1 is 1.83 bits per heavy atom. The number of amides is 1. The maximum Gasteiger partial charge on any atom is 0.234 e. The number of nitrogens with zero attached hydrogens (tertiary/aromatic N) is 3. The van der Waals surface area contributed by atoms with Crippen molar-refractivity contribution in [3.8, 4) is 0 Å². The molecule has 0 aromatic carbocycles. The van der Waals surface area contributed by atoms with E-state index in [1.807, 2.05) is 0 Å². The van der Waals surface area contributed by atoms with Crippen molar-refractivity contribution in [1.29, 1.82) is 0 Å². The van der Waals surface area contributed by atoms with Crippen LogP contribution in [0.1, 0.15) is 5.82 Å². The molecular weight excluding hydrogens is 158 g/mol. The first-order valence-electron chi connectivity index (χ1n) is 3.53. The van der Waals surface area contributed by atoms with Crippen molar-refractivity contribution >= 4 is 5.91 Å². The van der Waals surface area contributed by atoms with Gasteiger partial charge < -0.3 is 11.1 Å². The topological polar surface area (TPSA) is 85.8 Å². The zero-order chi connectivity index (χ0) is 8.97. The number of nitrogens with one attached hydrogen (secondary N) is 1. The third-order valence-electron chi connectivity index (χ3n) is 1.43. The molecule has 0 bridgehead atoms. The Balaban J connectivity index is 2.43. The molecule has 0 fully saturated rings. The monoisotopic (exact) mass is 169 g/mol. The van der Waals surface area contributed by atoms with Gasteiger partial charge in [0.1, 0.15) is 12.2 Å². The first-order valence-corrected chi connectivity index (χ1v) is 3.53. The summed E-state index contributed by atoms with van der Waals surface area (Å²) in [6.45, 7) is 0.365. The number of rotatable bonds is 3. The summed E-state index contributed by atoms with van der Waals surface area (Å²) in [5.41, 5.74) is 5.09. The molecule has 0 saturated heterocycles. The molecule has 6 heteroatoms. The van der Waals surface area contributed by atoms with Gasteiger partial charge in [0.2, 0.25) is 5.91 Å². The lowest BCUT2D eigenvalue weighted by atomic mass is 10.5. The van der Waals surface area contributed by atoms with Crippen molar-refractivity contribution in [2.45, 2.75) is 6.54 Å². The van der Waals surface area contributed by atoms with Gasteiger partial charge in [-0.3, -0.25) is 9.48 Å². The number of carbonyl (C=O) groups is 1.